The molecular formula is C15H13N3O3. The van der Waals surface area contributed by atoms with Gasteiger partial charge in [0.05, 0.1) is 16.6 Å². The molecular weight excluding hydrogens is 270 g/mol. The van der Waals surface area contributed by atoms with Crippen LogP contribution in [0.1, 0.15) is 10.4 Å². The van der Waals surface area contributed by atoms with Gasteiger partial charge in [0, 0.05) is 11.4 Å². The van der Waals surface area contributed by atoms with Gasteiger partial charge in [0.25, 0.3) is 0 Å². The van der Waals surface area contributed by atoms with Crippen molar-refractivity contribution in [1.29, 1.82) is 0 Å². The molecule has 21 heavy (non-hydrogen) atoms. The van der Waals surface area contributed by atoms with E-state index in [0.717, 1.165) is 10.6 Å². The van der Waals surface area contributed by atoms with E-state index in [9.17, 15) is 4.79 Å². The number of amides is 1. The standard InChI is InChI=1S/C15H13N3O3/c19-15(18(20)21)12-6-2-4-8-14(12)17-9-11-5-1-3-7-13(11)16-10-17/h1-9,20-21H,10H2. The van der Waals surface area contributed by atoms with Crippen LogP contribution in [-0.2, 0) is 0 Å². The van der Waals surface area contributed by atoms with Crippen molar-refractivity contribution in [2.45, 2.75) is 0 Å². The average molecular weight is 283 g/mol. The van der Waals surface area contributed by atoms with E-state index in [1.165, 1.54) is 6.07 Å². The summed E-state index contributed by atoms with van der Waals surface area (Å²) in [5.41, 5.74) is 0.752. The second kappa shape index (κ2) is 5.35. The van der Waals surface area contributed by atoms with Gasteiger partial charge in [-0.05, 0) is 18.2 Å². The van der Waals surface area contributed by atoms with Crippen molar-refractivity contribution >= 4 is 17.8 Å². The van der Waals surface area contributed by atoms with Gasteiger partial charge in [-0.1, -0.05) is 35.6 Å². The predicted molar refractivity (Wildman–Crippen MR) is 75.2 cm³/mol. The summed E-state index contributed by atoms with van der Waals surface area (Å²) in [6, 6.07) is 14.4. The maximum atomic E-state index is 11.8. The lowest BCUT2D eigenvalue weighted by Gasteiger charge is -2.23. The molecule has 2 aromatic carbocycles. The molecule has 106 valence electrons. The Labute approximate surface area is 120 Å². The molecule has 1 aliphatic heterocycles. The van der Waals surface area contributed by atoms with Crippen LogP contribution in [0.15, 0.2) is 53.5 Å². The van der Waals surface area contributed by atoms with Gasteiger partial charge >= 0.3 is 5.91 Å². The predicted octanol–water partition coefficient (Wildman–Crippen LogP) is 0.742. The SMILES string of the molecule is O=C(c1ccccc1N1C=c2ccccc2=NC1)N(O)O. The van der Waals surface area contributed by atoms with Crippen molar-refractivity contribution in [2.24, 2.45) is 4.99 Å². The Balaban J connectivity index is 2.07. The molecule has 1 heterocycles. The number of carbonyl (C=O) groups excluding carboxylic acids is 1. The molecule has 6 nitrogen and oxygen atoms in total. The highest BCUT2D eigenvalue weighted by Crippen LogP contribution is 2.22. The van der Waals surface area contributed by atoms with E-state index in [0.29, 0.717) is 12.4 Å². The Bertz CT molecular complexity index is 802. The van der Waals surface area contributed by atoms with Crippen LogP contribution in [0, 0.1) is 0 Å². The molecule has 2 N–H and O–H groups in total. The van der Waals surface area contributed by atoms with Crippen LogP contribution in [-0.4, -0.2) is 28.2 Å². The number of para-hydroxylation sites is 2. The first kappa shape index (κ1) is 13.3. The average Bonchev–Trinajstić information content (AvgIpc) is 2.53. The van der Waals surface area contributed by atoms with E-state index in [4.69, 9.17) is 10.4 Å². The molecule has 0 unspecified atom stereocenters. The maximum Gasteiger partial charge on any atom is 0.305 e. The summed E-state index contributed by atoms with van der Waals surface area (Å²) in [6.45, 7) is 0.359. The number of carbonyl (C=O) groups is 1. The quantitative estimate of drug-likeness (QED) is 0.629. The van der Waals surface area contributed by atoms with Crippen molar-refractivity contribution in [3.05, 3.63) is 64.7 Å². The second-order valence-electron chi connectivity index (χ2n) is 4.57. The normalized spacial score (nSPS) is 13.0. The van der Waals surface area contributed by atoms with Crippen LogP contribution >= 0.6 is 0 Å². The molecule has 0 saturated heterocycles. The first-order chi connectivity index (χ1) is 10.2. The lowest BCUT2D eigenvalue weighted by atomic mass is 10.1. The third-order valence-corrected chi connectivity index (χ3v) is 3.25. The molecule has 0 fully saturated rings. The highest BCUT2D eigenvalue weighted by atomic mass is 16.8. The fourth-order valence-electron chi connectivity index (χ4n) is 2.26. The Morgan fingerprint density at radius 2 is 1.81 bits per heavy atom. The second-order valence-corrected chi connectivity index (χ2v) is 4.57. The number of hydroxylamine groups is 2. The van der Waals surface area contributed by atoms with Crippen LogP contribution < -0.4 is 15.5 Å². The monoisotopic (exact) mass is 283 g/mol. The van der Waals surface area contributed by atoms with Crippen molar-refractivity contribution < 1.29 is 15.2 Å². The Hall–Kier alpha value is -2.70. The van der Waals surface area contributed by atoms with Crippen molar-refractivity contribution in [2.75, 3.05) is 11.6 Å². The number of anilines is 1. The van der Waals surface area contributed by atoms with Crippen molar-refractivity contribution in [3.8, 4) is 0 Å². The number of rotatable bonds is 2. The Morgan fingerprint density at radius 1 is 1.10 bits per heavy atom. The fourth-order valence-corrected chi connectivity index (χ4v) is 2.26. The molecule has 0 aliphatic carbocycles. The number of nitrogens with zero attached hydrogens (tertiary/aromatic N) is 3. The van der Waals surface area contributed by atoms with Gasteiger partial charge in [-0.25, -0.2) is 0 Å². The summed E-state index contributed by atoms with van der Waals surface area (Å²) in [5.74, 6) is -0.891. The summed E-state index contributed by atoms with van der Waals surface area (Å²) >= 11 is 0. The van der Waals surface area contributed by atoms with Gasteiger partial charge in [-0.3, -0.25) is 20.2 Å². The van der Waals surface area contributed by atoms with Crippen LogP contribution in [0.4, 0.5) is 5.69 Å². The summed E-state index contributed by atoms with van der Waals surface area (Å²) in [4.78, 5) is 18.0. The molecule has 2 aromatic rings. The summed E-state index contributed by atoms with van der Waals surface area (Å²) < 4.78 is 0. The minimum Gasteiger partial charge on any atom is -0.327 e. The van der Waals surface area contributed by atoms with E-state index in [2.05, 4.69) is 4.99 Å². The summed E-state index contributed by atoms with van der Waals surface area (Å²) in [6.07, 6.45) is 1.88. The lowest BCUT2D eigenvalue weighted by molar-refractivity contribution is -0.260. The molecule has 0 atom stereocenters. The fraction of sp³-hybridized carbons (Fsp3) is 0.0667. The number of hydrogen-bond donors (Lipinski definition) is 2. The summed E-state index contributed by atoms with van der Waals surface area (Å²) in [7, 11) is 0. The summed E-state index contributed by atoms with van der Waals surface area (Å²) in [5, 5.41) is 19.3. The molecule has 0 aromatic heterocycles. The van der Waals surface area contributed by atoms with Gasteiger partial charge in [-0.2, -0.15) is 0 Å². The van der Waals surface area contributed by atoms with Gasteiger partial charge in [0.2, 0.25) is 0 Å². The van der Waals surface area contributed by atoms with Gasteiger partial charge in [0.15, 0.2) is 0 Å². The third-order valence-electron chi connectivity index (χ3n) is 3.25. The first-order valence-electron chi connectivity index (χ1n) is 6.36. The number of fused-ring (bicyclic) bond motifs is 1. The zero-order chi connectivity index (χ0) is 14.8. The Kier molecular flexibility index (Phi) is 3.39. The van der Waals surface area contributed by atoms with Gasteiger partial charge in [0.1, 0.15) is 6.67 Å². The number of hydrogen-bond acceptors (Lipinski definition) is 5. The van der Waals surface area contributed by atoms with E-state index in [1.807, 2.05) is 30.5 Å². The van der Waals surface area contributed by atoms with E-state index < -0.39 is 11.1 Å². The first-order valence-corrected chi connectivity index (χ1v) is 6.36. The van der Waals surface area contributed by atoms with Crippen molar-refractivity contribution in [1.82, 2.24) is 5.23 Å². The maximum absolute atomic E-state index is 11.8. The lowest BCUT2D eigenvalue weighted by Crippen LogP contribution is -2.36. The van der Waals surface area contributed by atoms with Gasteiger partial charge in [-0.15, -0.1) is 0 Å². The molecule has 1 aliphatic rings. The van der Waals surface area contributed by atoms with E-state index >= 15 is 0 Å². The number of benzene rings is 2. The van der Waals surface area contributed by atoms with Crippen molar-refractivity contribution in [3.63, 3.8) is 0 Å². The van der Waals surface area contributed by atoms with Gasteiger partial charge < -0.3 is 4.90 Å². The minimum absolute atomic E-state index is 0.188. The van der Waals surface area contributed by atoms with E-state index in [1.54, 1.807) is 23.1 Å². The van der Waals surface area contributed by atoms with E-state index in [-0.39, 0.29) is 5.56 Å². The third kappa shape index (κ3) is 2.49. The molecule has 0 saturated carbocycles. The van der Waals surface area contributed by atoms with Crippen LogP contribution in [0.3, 0.4) is 0 Å². The molecule has 6 heteroatoms. The zero-order valence-electron chi connectivity index (χ0n) is 11.0. The Morgan fingerprint density at radius 3 is 2.62 bits per heavy atom. The largest absolute Gasteiger partial charge is 0.327 e. The molecule has 3 rings (SSSR count). The molecule has 0 bridgehead atoms. The van der Waals surface area contributed by atoms with Crippen LogP contribution in [0.2, 0.25) is 0 Å². The molecule has 0 radical (unpaired) electrons. The molecule has 0 spiro atoms. The molecule has 1 amide bonds. The topological polar surface area (TPSA) is 76.4 Å². The van der Waals surface area contributed by atoms with Crippen LogP contribution in [0.5, 0.6) is 0 Å². The zero-order valence-corrected chi connectivity index (χ0v) is 11.0. The highest BCUT2D eigenvalue weighted by molar-refractivity contribution is 5.99. The smallest absolute Gasteiger partial charge is 0.305 e. The minimum atomic E-state index is -0.891. The van der Waals surface area contributed by atoms with Crippen LogP contribution in [0.25, 0.3) is 6.20 Å². The highest BCUT2D eigenvalue weighted by Gasteiger charge is 2.19.